The maximum absolute atomic E-state index is 11.0. The summed E-state index contributed by atoms with van der Waals surface area (Å²) in [5.41, 5.74) is 3.60. The molecule has 6 nitrogen and oxygen atoms in total. The maximum Gasteiger partial charge on any atom is 0.272 e. The van der Waals surface area contributed by atoms with E-state index in [-0.39, 0.29) is 29.6 Å². The Hall–Kier alpha value is -2.73. The Kier molecular flexibility index (Phi) is 5.88. The van der Waals surface area contributed by atoms with Gasteiger partial charge in [-0.1, -0.05) is 12.1 Å². The SMILES string of the molecule is CCNc1c[nH]c2ccc(OCc3ccc(C)c([N+](=O)[O-])c3)cc12.Cl. The number of aromatic amines is 1. The molecule has 0 atom stereocenters. The highest BCUT2D eigenvalue weighted by Crippen LogP contribution is 2.28. The molecule has 0 aliphatic carbocycles. The Morgan fingerprint density at radius 1 is 1.24 bits per heavy atom. The molecule has 2 aromatic carbocycles. The summed E-state index contributed by atoms with van der Waals surface area (Å²) in [5, 5.41) is 15.4. The van der Waals surface area contributed by atoms with E-state index < -0.39 is 0 Å². The molecule has 0 radical (unpaired) electrons. The van der Waals surface area contributed by atoms with Crippen molar-refractivity contribution in [1.29, 1.82) is 0 Å². The van der Waals surface area contributed by atoms with Crippen LogP contribution in [0.3, 0.4) is 0 Å². The van der Waals surface area contributed by atoms with Crippen molar-refractivity contribution in [2.24, 2.45) is 0 Å². The molecule has 0 unspecified atom stereocenters. The second-order valence-corrected chi connectivity index (χ2v) is 5.61. The molecule has 0 amide bonds. The predicted octanol–water partition coefficient (Wildman–Crippen LogP) is 4.82. The number of H-pyrrole nitrogens is 1. The van der Waals surface area contributed by atoms with E-state index in [9.17, 15) is 10.1 Å². The second-order valence-electron chi connectivity index (χ2n) is 5.61. The fraction of sp³-hybridized carbons (Fsp3) is 0.222. The van der Waals surface area contributed by atoms with Crippen LogP contribution < -0.4 is 10.1 Å². The minimum Gasteiger partial charge on any atom is -0.489 e. The molecule has 0 bridgehead atoms. The minimum absolute atomic E-state index is 0. The van der Waals surface area contributed by atoms with Gasteiger partial charge >= 0.3 is 0 Å². The molecular weight excluding hydrogens is 342 g/mol. The molecule has 3 rings (SSSR count). The van der Waals surface area contributed by atoms with Crippen molar-refractivity contribution >= 4 is 34.7 Å². The lowest BCUT2D eigenvalue weighted by atomic mass is 10.1. The maximum atomic E-state index is 11.0. The van der Waals surface area contributed by atoms with E-state index in [1.165, 1.54) is 0 Å². The Balaban J connectivity index is 0.00000225. The smallest absolute Gasteiger partial charge is 0.272 e. The van der Waals surface area contributed by atoms with Gasteiger partial charge in [-0.05, 0) is 37.6 Å². The lowest BCUT2D eigenvalue weighted by Gasteiger charge is -2.08. The molecular formula is C18H20ClN3O3. The number of fused-ring (bicyclic) bond motifs is 1. The number of aromatic nitrogens is 1. The van der Waals surface area contributed by atoms with Crippen molar-refractivity contribution in [3.63, 3.8) is 0 Å². The lowest BCUT2D eigenvalue weighted by Crippen LogP contribution is -1.99. The zero-order valence-corrected chi connectivity index (χ0v) is 14.9. The zero-order chi connectivity index (χ0) is 17.1. The Morgan fingerprint density at radius 2 is 2.04 bits per heavy atom. The third kappa shape index (κ3) is 4.03. The largest absolute Gasteiger partial charge is 0.489 e. The summed E-state index contributed by atoms with van der Waals surface area (Å²) >= 11 is 0. The summed E-state index contributed by atoms with van der Waals surface area (Å²) in [6.45, 7) is 4.90. The van der Waals surface area contributed by atoms with Crippen molar-refractivity contribution in [2.45, 2.75) is 20.5 Å². The van der Waals surface area contributed by atoms with Crippen LogP contribution in [-0.4, -0.2) is 16.5 Å². The van der Waals surface area contributed by atoms with Gasteiger partial charge < -0.3 is 15.0 Å². The Morgan fingerprint density at radius 3 is 2.76 bits per heavy atom. The van der Waals surface area contributed by atoms with Gasteiger partial charge in [0.2, 0.25) is 0 Å². The van der Waals surface area contributed by atoms with Gasteiger partial charge in [0, 0.05) is 35.3 Å². The molecule has 1 aromatic heterocycles. The fourth-order valence-electron chi connectivity index (χ4n) is 2.63. The molecule has 25 heavy (non-hydrogen) atoms. The van der Waals surface area contributed by atoms with Crippen LogP contribution in [0, 0.1) is 17.0 Å². The van der Waals surface area contributed by atoms with Gasteiger partial charge in [0.15, 0.2) is 0 Å². The number of benzene rings is 2. The second kappa shape index (κ2) is 7.90. The van der Waals surface area contributed by atoms with Crippen LogP contribution in [0.15, 0.2) is 42.6 Å². The van der Waals surface area contributed by atoms with E-state index in [1.54, 1.807) is 19.1 Å². The summed E-state index contributed by atoms with van der Waals surface area (Å²) in [4.78, 5) is 13.9. The highest BCUT2D eigenvalue weighted by molar-refractivity contribution is 5.93. The first-order valence-corrected chi connectivity index (χ1v) is 7.80. The van der Waals surface area contributed by atoms with Crippen molar-refractivity contribution < 1.29 is 9.66 Å². The number of anilines is 1. The molecule has 0 saturated heterocycles. The summed E-state index contributed by atoms with van der Waals surface area (Å²) in [5.74, 6) is 0.726. The molecule has 0 aliphatic heterocycles. The van der Waals surface area contributed by atoms with E-state index >= 15 is 0 Å². The number of nitrogens with zero attached hydrogens (tertiary/aromatic N) is 1. The standard InChI is InChI=1S/C18H19N3O3.ClH/c1-3-19-17-10-20-16-7-6-14(9-15(16)17)24-11-13-5-4-12(2)18(8-13)21(22)23;/h4-10,19-20H,3,11H2,1-2H3;1H. The van der Waals surface area contributed by atoms with E-state index in [2.05, 4.69) is 10.3 Å². The quantitative estimate of drug-likeness (QED) is 0.487. The first kappa shape index (κ1) is 18.6. The fourth-order valence-corrected chi connectivity index (χ4v) is 2.63. The van der Waals surface area contributed by atoms with Crippen LogP contribution in [0.4, 0.5) is 11.4 Å². The van der Waals surface area contributed by atoms with Gasteiger partial charge in [-0.25, -0.2) is 0 Å². The normalized spacial score (nSPS) is 10.3. The molecule has 132 valence electrons. The van der Waals surface area contributed by atoms with Gasteiger partial charge in [-0.3, -0.25) is 10.1 Å². The highest BCUT2D eigenvalue weighted by Gasteiger charge is 2.11. The molecule has 7 heteroatoms. The first-order valence-electron chi connectivity index (χ1n) is 7.80. The van der Waals surface area contributed by atoms with Gasteiger partial charge in [-0.2, -0.15) is 0 Å². The van der Waals surface area contributed by atoms with Crippen molar-refractivity contribution in [1.82, 2.24) is 4.98 Å². The first-order chi connectivity index (χ1) is 11.6. The summed E-state index contributed by atoms with van der Waals surface area (Å²) in [7, 11) is 0. The van der Waals surface area contributed by atoms with Crippen molar-refractivity contribution in [3.05, 3.63) is 63.8 Å². The monoisotopic (exact) mass is 361 g/mol. The van der Waals surface area contributed by atoms with Crippen molar-refractivity contribution in [2.75, 3.05) is 11.9 Å². The summed E-state index contributed by atoms with van der Waals surface area (Å²) in [6.07, 6.45) is 1.93. The molecule has 0 aliphatic rings. The minimum atomic E-state index is -0.368. The van der Waals surface area contributed by atoms with E-state index in [1.807, 2.05) is 37.4 Å². The Bertz CT molecular complexity index is 892. The number of ether oxygens (including phenoxy) is 1. The van der Waals surface area contributed by atoms with E-state index in [0.717, 1.165) is 34.4 Å². The number of nitrogens with one attached hydrogen (secondary N) is 2. The number of aryl methyl sites for hydroxylation is 1. The molecule has 2 N–H and O–H groups in total. The van der Waals surface area contributed by atoms with Gasteiger partial charge in [-0.15, -0.1) is 12.4 Å². The Labute approximate surface area is 151 Å². The van der Waals surface area contributed by atoms with Crippen molar-refractivity contribution in [3.8, 4) is 5.75 Å². The molecule has 0 spiro atoms. The van der Waals surface area contributed by atoms with E-state index in [4.69, 9.17) is 4.74 Å². The van der Waals surface area contributed by atoms with Crippen LogP contribution in [0.5, 0.6) is 5.75 Å². The highest BCUT2D eigenvalue weighted by atomic mass is 35.5. The van der Waals surface area contributed by atoms with Gasteiger partial charge in [0.05, 0.1) is 10.6 Å². The molecule has 1 heterocycles. The summed E-state index contributed by atoms with van der Waals surface area (Å²) in [6, 6.07) is 11.0. The lowest BCUT2D eigenvalue weighted by molar-refractivity contribution is -0.385. The number of nitro groups is 1. The third-order valence-electron chi connectivity index (χ3n) is 3.90. The molecule has 3 aromatic rings. The zero-order valence-electron chi connectivity index (χ0n) is 14.0. The summed E-state index contributed by atoms with van der Waals surface area (Å²) < 4.78 is 5.81. The average molecular weight is 362 g/mol. The van der Waals surface area contributed by atoms with Crippen LogP contribution in [-0.2, 0) is 6.61 Å². The van der Waals surface area contributed by atoms with E-state index in [0.29, 0.717) is 5.56 Å². The average Bonchev–Trinajstić information content (AvgIpc) is 2.96. The van der Waals surface area contributed by atoms with Crippen LogP contribution in [0.2, 0.25) is 0 Å². The van der Waals surface area contributed by atoms with Crippen LogP contribution in [0.1, 0.15) is 18.1 Å². The third-order valence-corrected chi connectivity index (χ3v) is 3.90. The number of halogens is 1. The van der Waals surface area contributed by atoms with Gasteiger partial charge in [0.25, 0.3) is 5.69 Å². The number of hydrogen-bond donors (Lipinski definition) is 2. The van der Waals surface area contributed by atoms with Crippen LogP contribution >= 0.6 is 12.4 Å². The van der Waals surface area contributed by atoms with Crippen LogP contribution in [0.25, 0.3) is 10.9 Å². The molecule has 0 saturated carbocycles. The van der Waals surface area contributed by atoms with Gasteiger partial charge in [0.1, 0.15) is 12.4 Å². The number of rotatable bonds is 6. The number of nitro benzene ring substituents is 1. The topological polar surface area (TPSA) is 80.2 Å². The predicted molar refractivity (Wildman–Crippen MR) is 102 cm³/mol. The number of hydrogen-bond acceptors (Lipinski definition) is 4. The molecule has 0 fully saturated rings.